The van der Waals surface area contributed by atoms with Gasteiger partial charge in [0.2, 0.25) is 0 Å². The van der Waals surface area contributed by atoms with Crippen LogP contribution >= 0.6 is 11.6 Å². The number of ketones is 1. The van der Waals surface area contributed by atoms with Gasteiger partial charge in [-0.1, -0.05) is 48.0 Å². The van der Waals surface area contributed by atoms with Gasteiger partial charge in [-0.15, -0.1) is 0 Å². The maximum absolute atomic E-state index is 13.4. The summed E-state index contributed by atoms with van der Waals surface area (Å²) in [5, 5.41) is 18.3. The molecule has 43 heavy (non-hydrogen) atoms. The van der Waals surface area contributed by atoms with Gasteiger partial charge in [-0.3, -0.25) is 19.3 Å². The molecule has 5 aromatic rings. The zero-order valence-electron chi connectivity index (χ0n) is 23.7. The minimum absolute atomic E-state index is 0.0237. The SMILES string of the molecule is Cn1ncc(C(=O)Nc2cccc(C(=O)c3ccc4c(C=Nc5ccc(CCN6CCCC6)cc5)c(O)[nH]c4c3)c2)c1Cl. The number of benzene rings is 3. The fraction of sp³-hybridized carbons (Fsp3) is 0.212. The topological polar surface area (TPSA) is 116 Å². The number of hydrogen-bond acceptors (Lipinski definition) is 6. The van der Waals surface area contributed by atoms with E-state index in [-0.39, 0.29) is 22.4 Å². The Labute approximate surface area is 253 Å². The molecule has 1 aliphatic heterocycles. The number of aliphatic imine (C=N–C) groups is 1. The van der Waals surface area contributed by atoms with E-state index in [0.29, 0.717) is 27.9 Å². The molecule has 1 aliphatic rings. The van der Waals surface area contributed by atoms with Crippen LogP contribution in [0.5, 0.6) is 5.88 Å². The zero-order valence-corrected chi connectivity index (χ0v) is 24.4. The number of fused-ring (bicyclic) bond motifs is 1. The number of carbonyl (C=O) groups excluding carboxylic acids is 2. The van der Waals surface area contributed by atoms with Crippen molar-refractivity contribution in [3.63, 3.8) is 0 Å². The monoisotopic (exact) mass is 594 g/mol. The number of aromatic hydroxyl groups is 1. The van der Waals surface area contributed by atoms with Gasteiger partial charge in [0.1, 0.15) is 5.15 Å². The highest BCUT2D eigenvalue weighted by atomic mass is 35.5. The van der Waals surface area contributed by atoms with Gasteiger partial charge in [-0.05, 0) is 68.2 Å². The maximum Gasteiger partial charge on any atom is 0.260 e. The smallest absolute Gasteiger partial charge is 0.260 e. The van der Waals surface area contributed by atoms with E-state index >= 15 is 0 Å². The lowest BCUT2D eigenvalue weighted by Crippen LogP contribution is -2.21. The van der Waals surface area contributed by atoms with Gasteiger partial charge < -0.3 is 20.3 Å². The molecule has 0 saturated carbocycles. The number of nitrogens with zero attached hydrogens (tertiary/aromatic N) is 4. The number of aryl methyl sites for hydroxylation is 1. The number of likely N-dealkylation sites (tertiary alicyclic amines) is 1. The molecule has 2 aromatic heterocycles. The van der Waals surface area contributed by atoms with E-state index in [1.165, 1.54) is 42.4 Å². The van der Waals surface area contributed by atoms with Crippen molar-refractivity contribution in [1.29, 1.82) is 0 Å². The second kappa shape index (κ2) is 12.2. The van der Waals surface area contributed by atoms with Crippen molar-refractivity contribution < 1.29 is 14.7 Å². The van der Waals surface area contributed by atoms with Crippen LogP contribution in [0.3, 0.4) is 0 Å². The molecular formula is C33H31ClN6O3. The van der Waals surface area contributed by atoms with Crippen LogP contribution in [0, 0.1) is 0 Å². The van der Waals surface area contributed by atoms with Gasteiger partial charge in [-0.2, -0.15) is 5.10 Å². The fourth-order valence-corrected chi connectivity index (χ4v) is 5.51. The first-order valence-corrected chi connectivity index (χ1v) is 14.6. The average molecular weight is 595 g/mol. The van der Waals surface area contributed by atoms with E-state index in [1.807, 2.05) is 12.1 Å². The molecule has 0 spiro atoms. The standard InChI is InChI=1S/C33H31ClN6O3/c1-39-31(34)28(20-36-39)33(43)37-25-6-4-5-22(17-25)30(41)23-9-12-26-27(32(42)38-29(26)18-23)19-35-24-10-7-21(8-11-24)13-16-40-14-2-3-15-40/h4-12,17-20,38,42H,2-3,13-16H2,1H3,(H,37,43). The number of hydrogen-bond donors (Lipinski definition) is 3. The Balaban J connectivity index is 1.15. The highest BCUT2D eigenvalue weighted by Gasteiger charge is 2.17. The summed E-state index contributed by atoms with van der Waals surface area (Å²) in [5.74, 6) is -0.676. The lowest BCUT2D eigenvalue weighted by molar-refractivity contribution is 0.102. The Morgan fingerprint density at radius 3 is 2.58 bits per heavy atom. The number of carbonyl (C=O) groups is 2. The first-order valence-electron chi connectivity index (χ1n) is 14.2. The minimum Gasteiger partial charge on any atom is -0.494 e. The predicted molar refractivity (Wildman–Crippen MR) is 169 cm³/mol. The first kappa shape index (κ1) is 28.4. The van der Waals surface area contributed by atoms with E-state index in [4.69, 9.17) is 11.6 Å². The summed E-state index contributed by atoms with van der Waals surface area (Å²) < 4.78 is 1.40. The molecule has 218 valence electrons. The molecule has 0 radical (unpaired) electrons. The van der Waals surface area contributed by atoms with Crippen LogP contribution in [0.15, 0.2) is 77.9 Å². The molecule has 3 N–H and O–H groups in total. The second-order valence-electron chi connectivity index (χ2n) is 10.7. The molecular weight excluding hydrogens is 564 g/mol. The van der Waals surface area contributed by atoms with Crippen molar-refractivity contribution >= 4 is 51.8 Å². The highest BCUT2D eigenvalue weighted by Crippen LogP contribution is 2.28. The number of halogens is 1. The third-order valence-corrected chi connectivity index (χ3v) is 8.22. The van der Waals surface area contributed by atoms with Crippen molar-refractivity contribution in [2.24, 2.45) is 12.0 Å². The molecule has 1 saturated heterocycles. The number of amides is 1. The summed E-state index contributed by atoms with van der Waals surface area (Å²) >= 11 is 6.13. The van der Waals surface area contributed by atoms with Crippen molar-refractivity contribution in [3.8, 4) is 5.88 Å². The van der Waals surface area contributed by atoms with Crippen molar-refractivity contribution in [1.82, 2.24) is 19.7 Å². The molecule has 0 unspecified atom stereocenters. The van der Waals surface area contributed by atoms with Gasteiger partial charge in [0, 0.05) is 47.5 Å². The van der Waals surface area contributed by atoms with E-state index < -0.39 is 5.91 Å². The molecule has 9 nitrogen and oxygen atoms in total. The zero-order chi connectivity index (χ0) is 29.9. The summed E-state index contributed by atoms with van der Waals surface area (Å²) in [5.41, 5.74) is 4.75. The normalized spacial score (nSPS) is 13.7. The quantitative estimate of drug-likeness (QED) is 0.140. The average Bonchev–Trinajstić information content (AvgIpc) is 3.74. The minimum atomic E-state index is -0.423. The van der Waals surface area contributed by atoms with Gasteiger partial charge in [0.05, 0.1) is 23.0 Å². The summed E-state index contributed by atoms with van der Waals surface area (Å²) in [6, 6.07) is 20.1. The fourth-order valence-electron chi connectivity index (χ4n) is 5.34. The van der Waals surface area contributed by atoms with Crippen molar-refractivity contribution in [3.05, 3.63) is 106 Å². The Morgan fingerprint density at radius 2 is 1.84 bits per heavy atom. The number of aromatic nitrogens is 3. The van der Waals surface area contributed by atoms with Crippen LogP contribution in [0.4, 0.5) is 11.4 Å². The van der Waals surface area contributed by atoms with E-state index in [0.717, 1.165) is 24.0 Å². The molecule has 3 aromatic carbocycles. The molecule has 3 heterocycles. The van der Waals surface area contributed by atoms with Gasteiger partial charge >= 0.3 is 0 Å². The molecule has 10 heteroatoms. The Kier molecular flexibility index (Phi) is 8.09. The van der Waals surface area contributed by atoms with Gasteiger partial charge in [0.15, 0.2) is 11.7 Å². The van der Waals surface area contributed by atoms with Crippen molar-refractivity contribution in [2.45, 2.75) is 19.3 Å². The third-order valence-electron chi connectivity index (χ3n) is 7.77. The van der Waals surface area contributed by atoms with Crippen LogP contribution in [-0.2, 0) is 13.5 Å². The Morgan fingerprint density at radius 1 is 1.07 bits per heavy atom. The lowest BCUT2D eigenvalue weighted by Gasteiger charge is -2.14. The molecule has 0 bridgehead atoms. The maximum atomic E-state index is 13.4. The van der Waals surface area contributed by atoms with E-state index in [1.54, 1.807) is 55.7 Å². The number of H-pyrrole nitrogens is 1. The molecule has 1 fully saturated rings. The van der Waals surface area contributed by atoms with E-state index in [9.17, 15) is 14.7 Å². The predicted octanol–water partition coefficient (Wildman–Crippen LogP) is 6.13. The van der Waals surface area contributed by atoms with Crippen LogP contribution < -0.4 is 5.32 Å². The number of anilines is 1. The van der Waals surface area contributed by atoms with E-state index in [2.05, 4.69) is 37.4 Å². The largest absolute Gasteiger partial charge is 0.494 e. The summed E-state index contributed by atoms with van der Waals surface area (Å²) in [6.45, 7) is 3.48. The number of rotatable bonds is 9. The van der Waals surface area contributed by atoms with Crippen LogP contribution in [-0.4, -0.2) is 62.3 Å². The summed E-state index contributed by atoms with van der Waals surface area (Å²) in [7, 11) is 1.64. The molecule has 1 amide bonds. The summed E-state index contributed by atoms with van der Waals surface area (Å²) in [4.78, 5) is 36.0. The molecule has 0 atom stereocenters. The van der Waals surface area contributed by atoms with Crippen LogP contribution in [0.1, 0.15) is 50.2 Å². The van der Waals surface area contributed by atoms with Crippen LogP contribution in [0.2, 0.25) is 5.15 Å². The second-order valence-corrected chi connectivity index (χ2v) is 11.1. The van der Waals surface area contributed by atoms with Gasteiger partial charge in [0.25, 0.3) is 5.91 Å². The number of nitrogens with one attached hydrogen (secondary N) is 2. The molecule has 0 aliphatic carbocycles. The van der Waals surface area contributed by atoms with Crippen molar-refractivity contribution in [2.75, 3.05) is 25.0 Å². The lowest BCUT2D eigenvalue weighted by atomic mass is 10.0. The Hall–Kier alpha value is -4.73. The van der Waals surface area contributed by atoms with Crippen LogP contribution in [0.25, 0.3) is 10.9 Å². The molecule has 6 rings (SSSR count). The third kappa shape index (κ3) is 6.23. The van der Waals surface area contributed by atoms with Gasteiger partial charge in [-0.25, -0.2) is 0 Å². The highest BCUT2D eigenvalue weighted by molar-refractivity contribution is 6.33. The first-order chi connectivity index (χ1) is 20.9. The summed E-state index contributed by atoms with van der Waals surface area (Å²) in [6.07, 6.45) is 6.64. The number of aromatic amines is 1. The Bertz CT molecular complexity index is 1830.